The first-order chi connectivity index (χ1) is 6.41. The van der Waals surface area contributed by atoms with E-state index in [0.717, 1.165) is 12.8 Å². The number of nitrogens with one attached hydrogen (secondary N) is 1. The van der Waals surface area contributed by atoms with Crippen molar-refractivity contribution in [2.75, 3.05) is 0 Å². The van der Waals surface area contributed by atoms with E-state index in [1.807, 2.05) is 6.92 Å². The minimum absolute atomic E-state index is 0.199. The predicted octanol–water partition coefficient (Wildman–Crippen LogP) is 2.38. The molecule has 82 valence electrons. The summed E-state index contributed by atoms with van der Waals surface area (Å²) < 4.78 is 0. The highest BCUT2D eigenvalue weighted by molar-refractivity contribution is 5.93. The molecule has 1 N–H and O–H groups in total. The minimum Gasteiger partial charge on any atom is -0.299 e. The third-order valence-electron chi connectivity index (χ3n) is 3.37. The minimum atomic E-state index is -0.209. The van der Waals surface area contributed by atoms with Gasteiger partial charge in [0, 0.05) is 12.0 Å². The van der Waals surface area contributed by atoms with Crippen LogP contribution in [0.2, 0.25) is 0 Å². The molecular formula is C12H23NO. The zero-order valence-electron chi connectivity index (χ0n) is 10.1. The van der Waals surface area contributed by atoms with Crippen molar-refractivity contribution >= 4 is 5.78 Å². The van der Waals surface area contributed by atoms with E-state index in [9.17, 15) is 4.79 Å². The Bertz CT molecular complexity index is 224. The van der Waals surface area contributed by atoms with Crippen LogP contribution in [0.15, 0.2) is 0 Å². The molecule has 0 aliphatic carbocycles. The summed E-state index contributed by atoms with van der Waals surface area (Å²) in [5.41, 5.74) is -0.209. The quantitative estimate of drug-likeness (QED) is 0.687. The third-order valence-corrected chi connectivity index (χ3v) is 3.37. The number of hydrogen-bond acceptors (Lipinski definition) is 2. The van der Waals surface area contributed by atoms with Crippen LogP contribution in [0.3, 0.4) is 0 Å². The van der Waals surface area contributed by atoms with Crippen molar-refractivity contribution < 1.29 is 4.79 Å². The highest BCUT2D eigenvalue weighted by Gasteiger charge is 2.55. The summed E-state index contributed by atoms with van der Waals surface area (Å²) in [4.78, 5) is 12.0. The lowest BCUT2D eigenvalue weighted by atomic mass is 9.88. The number of rotatable bonds is 5. The van der Waals surface area contributed by atoms with Crippen molar-refractivity contribution in [3.05, 3.63) is 0 Å². The van der Waals surface area contributed by atoms with E-state index in [1.54, 1.807) is 0 Å². The van der Waals surface area contributed by atoms with Gasteiger partial charge in [-0.1, -0.05) is 27.7 Å². The predicted molar refractivity (Wildman–Crippen MR) is 59.2 cm³/mol. The second kappa shape index (κ2) is 4.01. The molecule has 2 nitrogen and oxygen atoms in total. The lowest BCUT2D eigenvalue weighted by molar-refractivity contribution is -0.124. The average Bonchev–Trinajstić information content (AvgIpc) is 2.74. The van der Waals surface area contributed by atoms with Crippen LogP contribution in [-0.4, -0.2) is 17.4 Å². The SMILES string of the molecule is CCC(C)C(=O)C1(C)NC1CC(C)C. The number of ketones is 1. The van der Waals surface area contributed by atoms with Gasteiger partial charge >= 0.3 is 0 Å². The monoisotopic (exact) mass is 197 g/mol. The first kappa shape index (κ1) is 11.7. The summed E-state index contributed by atoms with van der Waals surface area (Å²) >= 11 is 0. The molecule has 0 bridgehead atoms. The van der Waals surface area contributed by atoms with Gasteiger partial charge in [-0.3, -0.25) is 10.1 Å². The van der Waals surface area contributed by atoms with E-state index in [-0.39, 0.29) is 11.5 Å². The van der Waals surface area contributed by atoms with Crippen molar-refractivity contribution in [2.45, 2.75) is 59.0 Å². The number of Topliss-reactive ketones (excluding diaryl/α,β-unsaturated/α-hetero) is 1. The Balaban J connectivity index is 2.50. The molecule has 0 aromatic heterocycles. The molecule has 1 fully saturated rings. The average molecular weight is 197 g/mol. The molecule has 0 amide bonds. The molecule has 3 atom stereocenters. The fourth-order valence-electron chi connectivity index (χ4n) is 2.03. The molecular weight excluding hydrogens is 174 g/mol. The first-order valence-corrected chi connectivity index (χ1v) is 5.73. The fourth-order valence-corrected chi connectivity index (χ4v) is 2.03. The van der Waals surface area contributed by atoms with Gasteiger partial charge in [0.2, 0.25) is 0 Å². The summed E-state index contributed by atoms with van der Waals surface area (Å²) in [6, 6.07) is 0.420. The summed E-state index contributed by atoms with van der Waals surface area (Å²) in [5.74, 6) is 1.26. The molecule has 14 heavy (non-hydrogen) atoms. The van der Waals surface area contributed by atoms with Gasteiger partial charge in [-0.05, 0) is 25.7 Å². The lowest BCUT2D eigenvalue weighted by Gasteiger charge is -2.13. The van der Waals surface area contributed by atoms with Crippen LogP contribution < -0.4 is 5.32 Å². The van der Waals surface area contributed by atoms with E-state index >= 15 is 0 Å². The van der Waals surface area contributed by atoms with Gasteiger partial charge < -0.3 is 0 Å². The van der Waals surface area contributed by atoms with E-state index in [4.69, 9.17) is 0 Å². The molecule has 0 spiro atoms. The Morgan fingerprint density at radius 1 is 1.43 bits per heavy atom. The van der Waals surface area contributed by atoms with Gasteiger partial charge in [-0.2, -0.15) is 0 Å². The van der Waals surface area contributed by atoms with Crippen LogP contribution in [0.25, 0.3) is 0 Å². The number of carbonyl (C=O) groups excluding carboxylic acids is 1. The van der Waals surface area contributed by atoms with Gasteiger partial charge in [0.25, 0.3) is 0 Å². The van der Waals surface area contributed by atoms with Crippen molar-refractivity contribution in [3.63, 3.8) is 0 Å². The maximum absolute atomic E-state index is 12.0. The molecule has 1 aliphatic heterocycles. The fraction of sp³-hybridized carbons (Fsp3) is 0.917. The largest absolute Gasteiger partial charge is 0.299 e. The maximum atomic E-state index is 12.0. The lowest BCUT2D eigenvalue weighted by Crippen LogP contribution is -2.31. The van der Waals surface area contributed by atoms with Gasteiger partial charge in [0.15, 0.2) is 5.78 Å². The third kappa shape index (κ3) is 2.17. The van der Waals surface area contributed by atoms with E-state index in [1.165, 1.54) is 0 Å². The van der Waals surface area contributed by atoms with E-state index in [2.05, 4.69) is 33.0 Å². The van der Waals surface area contributed by atoms with Crippen molar-refractivity contribution in [3.8, 4) is 0 Å². The zero-order chi connectivity index (χ0) is 10.9. The molecule has 0 aromatic carbocycles. The molecule has 3 unspecified atom stereocenters. The van der Waals surface area contributed by atoms with Crippen LogP contribution in [0.5, 0.6) is 0 Å². The topological polar surface area (TPSA) is 39.0 Å². The van der Waals surface area contributed by atoms with Crippen LogP contribution in [0.1, 0.15) is 47.5 Å². The van der Waals surface area contributed by atoms with Gasteiger partial charge in [-0.15, -0.1) is 0 Å². The van der Waals surface area contributed by atoms with Gasteiger partial charge in [-0.25, -0.2) is 0 Å². The second-order valence-electron chi connectivity index (χ2n) is 5.20. The number of hydrogen-bond donors (Lipinski definition) is 1. The van der Waals surface area contributed by atoms with Crippen LogP contribution in [0, 0.1) is 11.8 Å². The maximum Gasteiger partial charge on any atom is 0.156 e. The van der Waals surface area contributed by atoms with Crippen molar-refractivity contribution in [1.82, 2.24) is 5.32 Å². The summed E-state index contributed by atoms with van der Waals surface area (Å²) in [5, 5.41) is 3.34. The van der Waals surface area contributed by atoms with Crippen molar-refractivity contribution in [2.24, 2.45) is 11.8 Å². The Labute approximate surface area is 87.5 Å². The summed E-state index contributed by atoms with van der Waals surface area (Å²) in [7, 11) is 0. The molecule has 1 heterocycles. The molecule has 0 radical (unpaired) electrons. The highest BCUT2D eigenvalue weighted by atomic mass is 16.1. The molecule has 1 rings (SSSR count). The molecule has 0 aromatic rings. The second-order valence-corrected chi connectivity index (χ2v) is 5.20. The normalized spacial score (nSPS) is 33.1. The van der Waals surface area contributed by atoms with Crippen LogP contribution >= 0.6 is 0 Å². The molecule has 2 heteroatoms. The van der Waals surface area contributed by atoms with Gasteiger partial charge in [0.05, 0.1) is 5.54 Å². The van der Waals surface area contributed by atoms with Crippen LogP contribution in [0.4, 0.5) is 0 Å². The van der Waals surface area contributed by atoms with Crippen LogP contribution in [-0.2, 0) is 4.79 Å². The van der Waals surface area contributed by atoms with E-state index in [0.29, 0.717) is 17.7 Å². The Morgan fingerprint density at radius 2 is 2.00 bits per heavy atom. The highest BCUT2D eigenvalue weighted by Crippen LogP contribution is 2.34. The zero-order valence-corrected chi connectivity index (χ0v) is 10.1. The summed E-state index contributed by atoms with van der Waals surface area (Å²) in [6.07, 6.45) is 2.06. The smallest absolute Gasteiger partial charge is 0.156 e. The van der Waals surface area contributed by atoms with Crippen molar-refractivity contribution in [1.29, 1.82) is 0 Å². The van der Waals surface area contributed by atoms with Gasteiger partial charge in [0.1, 0.15) is 0 Å². The standard InChI is InChI=1S/C12H23NO/c1-6-9(4)11(14)12(5)10(13-12)7-8(2)3/h8-10,13H,6-7H2,1-5H3. The Morgan fingerprint density at radius 3 is 2.43 bits per heavy atom. The summed E-state index contributed by atoms with van der Waals surface area (Å²) in [6.45, 7) is 10.6. The molecule has 1 saturated heterocycles. The number of carbonyl (C=O) groups is 1. The Kier molecular flexibility index (Phi) is 3.36. The van der Waals surface area contributed by atoms with E-state index < -0.39 is 0 Å². The molecule has 1 aliphatic rings. The molecule has 0 saturated carbocycles. The Hall–Kier alpha value is -0.370. The first-order valence-electron chi connectivity index (χ1n) is 5.73.